The number of para-hydroxylation sites is 1. The highest BCUT2D eigenvalue weighted by atomic mass is 16.2. The fourth-order valence-electron chi connectivity index (χ4n) is 4.63. The lowest BCUT2D eigenvalue weighted by molar-refractivity contribution is -0.123. The number of hydrogen-bond acceptors (Lipinski definition) is 3. The van der Waals surface area contributed by atoms with Crippen LogP contribution in [0.4, 0.5) is 5.69 Å². The number of aryl methyl sites for hydroxylation is 2. The molecule has 1 atom stereocenters. The van der Waals surface area contributed by atoms with E-state index in [1.54, 1.807) is 0 Å². The van der Waals surface area contributed by atoms with Gasteiger partial charge in [0.15, 0.2) is 0 Å². The number of nitrogens with zero attached hydrogens (tertiary/aromatic N) is 3. The van der Waals surface area contributed by atoms with Gasteiger partial charge in [-0.2, -0.15) is 0 Å². The molecule has 2 heterocycles. The third-order valence-electron chi connectivity index (χ3n) is 6.36. The SMILES string of the molecule is Cc1cccc(C(=O)N2CCCN(C(C)C(=O)N3CCCc4ccccc43)CC2)c1. The van der Waals surface area contributed by atoms with Crippen LogP contribution in [0.2, 0.25) is 0 Å². The molecule has 4 rings (SSSR count). The zero-order valence-electron chi connectivity index (χ0n) is 18.0. The molecule has 5 heteroatoms. The monoisotopic (exact) mass is 405 g/mol. The molecule has 0 saturated carbocycles. The number of carbonyl (C=O) groups excluding carboxylic acids is 2. The topological polar surface area (TPSA) is 43.9 Å². The van der Waals surface area contributed by atoms with Crippen molar-refractivity contribution in [3.8, 4) is 0 Å². The molecule has 1 fully saturated rings. The molecule has 0 radical (unpaired) electrons. The molecule has 0 spiro atoms. The van der Waals surface area contributed by atoms with Crippen LogP contribution in [0.1, 0.15) is 41.3 Å². The Hall–Kier alpha value is -2.66. The smallest absolute Gasteiger partial charge is 0.253 e. The van der Waals surface area contributed by atoms with Gasteiger partial charge in [-0.15, -0.1) is 0 Å². The Morgan fingerprint density at radius 2 is 1.73 bits per heavy atom. The summed E-state index contributed by atoms with van der Waals surface area (Å²) in [5.74, 6) is 0.255. The molecule has 5 nitrogen and oxygen atoms in total. The lowest BCUT2D eigenvalue weighted by atomic mass is 10.0. The van der Waals surface area contributed by atoms with Crippen molar-refractivity contribution < 1.29 is 9.59 Å². The van der Waals surface area contributed by atoms with Crippen molar-refractivity contribution in [2.75, 3.05) is 37.6 Å². The van der Waals surface area contributed by atoms with Crippen LogP contribution in [0.5, 0.6) is 0 Å². The minimum Gasteiger partial charge on any atom is -0.337 e. The maximum absolute atomic E-state index is 13.4. The molecule has 1 unspecified atom stereocenters. The van der Waals surface area contributed by atoms with Crippen molar-refractivity contribution in [2.24, 2.45) is 0 Å². The van der Waals surface area contributed by atoms with Gasteiger partial charge >= 0.3 is 0 Å². The summed E-state index contributed by atoms with van der Waals surface area (Å²) in [5.41, 5.74) is 4.16. The Balaban J connectivity index is 1.42. The predicted octanol–water partition coefficient (Wildman–Crippen LogP) is 3.51. The Morgan fingerprint density at radius 3 is 2.57 bits per heavy atom. The fraction of sp³-hybridized carbons (Fsp3) is 0.440. The molecule has 158 valence electrons. The van der Waals surface area contributed by atoms with Gasteiger partial charge in [0.25, 0.3) is 5.91 Å². The largest absolute Gasteiger partial charge is 0.337 e. The lowest BCUT2D eigenvalue weighted by Crippen LogP contribution is -2.49. The number of benzene rings is 2. The molecule has 0 aromatic heterocycles. The van der Waals surface area contributed by atoms with Gasteiger partial charge in [0.1, 0.15) is 0 Å². The van der Waals surface area contributed by atoms with E-state index in [1.165, 1.54) is 5.56 Å². The minimum absolute atomic E-state index is 0.0875. The van der Waals surface area contributed by atoms with Gasteiger partial charge in [-0.25, -0.2) is 0 Å². The van der Waals surface area contributed by atoms with E-state index in [1.807, 2.05) is 60.0 Å². The maximum Gasteiger partial charge on any atom is 0.253 e. The average molecular weight is 406 g/mol. The Labute approximate surface area is 179 Å². The van der Waals surface area contributed by atoms with Crippen LogP contribution in [0.3, 0.4) is 0 Å². The summed E-state index contributed by atoms with van der Waals surface area (Å²) in [4.78, 5) is 32.4. The van der Waals surface area contributed by atoms with Crippen molar-refractivity contribution in [1.29, 1.82) is 0 Å². The van der Waals surface area contributed by atoms with Crippen LogP contribution in [-0.2, 0) is 11.2 Å². The van der Waals surface area contributed by atoms with Crippen LogP contribution in [0, 0.1) is 6.92 Å². The first-order chi connectivity index (χ1) is 14.5. The molecule has 0 bridgehead atoms. The van der Waals surface area contributed by atoms with Crippen LogP contribution in [0.25, 0.3) is 0 Å². The zero-order chi connectivity index (χ0) is 21.1. The maximum atomic E-state index is 13.4. The molecule has 2 aliphatic heterocycles. The first-order valence-corrected chi connectivity index (χ1v) is 11.0. The molecule has 30 heavy (non-hydrogen) atoms. The standard InChI is InChI=1S/C25H31N3O2/c1-19-8-5-10-22(18-19)25(30)27-14-7-13-26(16-17-27)20(2)24(29)28-15-6-11-21-9-3-4-12-23(21)28/h3-5,8-10,12,18,20H,6-7,11,13-17H2,1-2H3. The zero-order valence-corrected chi connectivity index (χ0v) is 18.0. The highest BCUT2D eigenvalue weighted by Crippen LogP contribution is 2.28. The van der Waals surface area contributed by atoms with Gasteiger partial charge in [0.05, 0.1) is 6.04 Å². The summed E-state index contributed by atoms with van der Waals surface area (Å²) in [5, 5.41) is 0. The fourth-order valence-corrected chi connectivity index (χ4v) is 4.63. The quantitative estimate of drug-likeness (QED) is 0.785. The van der Waals surface area contributed by atoms with Gasteiger partial charge in [-0.3, -0.25) is 14.5 Å². The third-order valence-corrected chi connectivity index (χ3v) is 6.36. The van der Waals surface area contributed by atoms with Crippen LogP contribution < -0.4 is 4.90 Å². The molecule has 2 aromatic carbocycles. The molecular weight excluding hydrogens is 374 g/mol. The van der Waals surface area contributed by atoms with Crippen molar-refractivity contribution in [1.82, 2.24) is 9.80 Å². The van der Waals surface area contributed by atoms with E-state index < -0.39 is 0 Å². The summed E-state index contributed by atoms with van der Waals surface area (Å²) in [7, 11) is 0. The normalized spacial score (nSPS) is 18.5. The Morgan fingerprint density at radius 1 is 0.900 bits per heavy atom. The van der Waals surface area contributed by atoms with Gasteiger partial charge in [0, 0.05) is 44.0 Å². The van der Waals surface area contributed by atoms with Crippen molar-refractivity contribution in [3.63, 3.8) is 0 Å². The summed E-state index contributed by atoms with van der Waals surface area (Å²) < 4.78 is 0. The predicted molar refractivity (Wildman–Crippen MR) is 120 cm³/mol. The highest BCUT2D eigenvalue weighted by molar-refractivity contribution is 5.98. The van der Waals surface area contributed by atoms with E-state index in [2.05, 4.69) is 17.0 Å². The molecule has 2 aliphatic rings. The highest BCUT2D eigenvalue weighted by Gasteiger charge is 2.31. The number of rotatable bonds is 3. The van der Waals surface area contributed by atoms with Crippen LogP contribution >= 0.6 is 0 Å². The van der Waals surface area contributed by atoms with Crippen LogP contribution in [-0.4, -0.2) is 60.4 Å². The van der Waals surface area contributed by atoms with E-state index in [9.17, 15) is 9.59 Å². The summed E-state index contributed by atoms with van der Waals surface area (Å²) in [6.45, 7) is 7.74. The Kier molecular flexibility index (Phi) is 6.18. The molecule has 1 saturated heterocycles. The number of amides is 2. The van der Waals surface area contributed by atoms with Gasteiger partial charge in [0.2, 0.25) is 5.91 Å². The molecular formula is C25H31N3O2. The van der Waals surface area contributed by atoms with Crippen molar-refractivity contribution in [2.45, 2.75) is 39.2 Å². The van der Waals surface area contributed by atoms with Crippen molar-refractivity contribution >= 4 is 17.5 Å². The number of hydrogen-bond donors (Lipinski definition) is 0. The molecule has 0 aliphatic carbocycles. The minimum atomic E-state index is -0.190. The second kappa shape index (κ2) is 9.00. The van der Waals surface area contributed by atoms with Crippen molar-refractivity contribution in [3.05, 3.63) is 65.2 Å². The second-order valence-electron chi connectivity index (χ2n) is 8.45. The van der Waals surface area contributed by atoms with E-state index in [0.29, 0.717) is 6.54 Å². The lowest BCUT2D eigenvalue weighted by Gasteiger charge is -2.35. The van der Waals surface area contributed by atoms with Gasteiger partial charge < -0.3 is 9.80 Å². The summed E-state index contributed by atoms with van der Waals surface area (Å²) in [6.07, 6.45) is 2.92. The van der Waals surface area contributed by atoms with Crippen LogP contribution in [0.15, 0.2) is 48.5 Å². The first kappa shape index (κ1) is 20.6. The van der Waals surface area contributed by atoms with Gasteiger partial charge in [-0.05, 0) is 56.9 Å². The molecule has 0 N–H and O–H groups in total. The first-order valence-electron chi connectivity index (χ1n) is 11.0. The number of anilines is 1. The Bertz CT molecular complexity index is 926. The number of carbonyl (C=O) groups is 2. The summed E-state index contributed by atoms with van der Waals surface area (Å²) in [6, 6.07) is 15.8. The molecule has 2 aromatic rings. The average Bonchev–Trinajstić information content (AvgIpc) is 3.03. The van der Waals surface area contributed by atoms with E-state index >= 15 is 0 Å². The van der Waals surface area contributed by atoms with Gasteiger partial charge in [-0.1, -0.05) is 35.9 Å². The van der Waals surface area contributed by atoms with E-state index in [-0.39, 0.29) is 17.9 Å². The molecule has 2 amide bonds. The second-order valence-corrected chi connectivity index (χ2v) is 8.45. The third kappa shape index (κ3) is 4.26. The number of fused-ring (bicyclic) bond motifs is 1. The van der Waals surface area contributed by atoms with E-state index in [0.717, 1.165) is 62.3 Å². The van der Waals surface area contributed by atoms with E-state index in [4.69, 9.17) is 0 Å². The summed E-state index contributed by atoms with van der Waals surface area (Å²) >= 11 is 0.